The third kappa shape index (κ3) is 5.17. The van der Waals surface area contributed by atoms with Gasteiger partial charge in [-0.15, -0.1) is 11.3 Å². The molecule has 1 heterocycles. The molecule has 0 bridgehead atoms. The Morgan fingerprint density at radius 3 is 2.62 bits per heavy atom. The number of amides is 1. The molecule has 24 heavy (non-hydrogen) atoms. The molecule has 1 aliphatic carbocycles. The molecule has 0 aliphatic heterocycles. The first-order valence-corrected chi connectivity index (χ1v) is 8.87. The molecule has 2 rings (SSSR count). The normalized spacial score (nSPS) is 16.0. The van der Waals surface area contributed by atoms with E-state index in [1.165, 1.54) is 11.3 Å². The van der Waals surface area contributed by atoms with Gasteiger partial charge in [0.1, 0.15) is 5.54 Å². The standard InChI is InChI=1S/C17H20N2O4S/c18-12-17(8-2-1-3-9-17)19-15(21)11-23-16(22)7-6-13(20)14-5-4-10-24-14/h4-5,10H,1-3,6-9,11H2,(H,19,21). The van der Waals surface area contributed by atoms with Gasteiger partial charge in [0, 0.05) is 6.42 Å². The van der Waals surface area contributed by atoms with Crippen molar-refractivity contribution in [2.45, 2.75) is 50.5 Å². The highest BCUT2D eigenvalue weighted by atomic mass is 32.1. The van der Waals surface area contributed by atoms with Crippen molar-refractivity contribution in [2.24, 2.45) is 0 Å². The van der Waals surface area contributed by atoms with Gasteiger partial charge in [0.2, 0.25) is 0 Å². The van der Waals surface area contributed by atoms with Crippen LogP contribution in [0.25, 0.3) is 0 Å². The summed E-state index contributed by atoms with van der Waals surface area (Å²) in [5.41, 5.74) is -0.836. The number of carbonyl (C=O) groups is 3. The van der Waals surface area contributed by atoms with Crippen LogP contribution in [0.5, 0.6) is 0 Å². The fraction of sp³-hybridized carbons (Fsp3) is 0.529. The Hall–Kier alpha value is -2.20. The number of ether oxygens (including phenoxy) is 1. The van der Waals surface area contributed by atoms with Crippen molar-refractivity contribution in [3.8, 4) is 6.07 Å². The topological polar surface area (TPSA) is 96.3 Å². The fourth-order valence-electron chi connectivity index (χ4n) is 2.72. The molecule has 6 nitrogen and oxygen atoms in total. The van der Waals surface area contributed by atoms with E-state index in [1.54, 1.807) is 17.5 Å². The Morgan fingerprint density at radius 2 is 2.00 bits per heavy atom. The Balaban J connectivity index is 1.70. The van der Waals surface area contributed by atoms with E-state index in [0.717, 1.165) is 19.3 Å². The molecule has 0 saturated heterocycles. The van der Waals surface area contributed by atoms with Crippen LogP contribution < -0.4 is 5.32 Å². The number of hydrogen-bond acceptors (Lipinski definition) is 6. The van der Waals surface area contributed by atoms with Crippen LogP contribution in [-0.2, 0) is 14.3 Å². The highest BCUT2D eigenvalue weighted by Gasteiger charge is 2.33. The van der Waals surface area contributed by atoms with Gasteiger partial charge in [0.05, 0.1) is 17.4 Å². The van der Waals surface area contributed by atoms with Gasteiger partial charge in [0.15, 0.2) is 12.4 Å². The Labute approximate surface area is 144 Å². The number of thiophene rings is 1. The molecule has 1 amide bonds. The first-order valence-electron chi connectivity index (χ1n) is 7.99. The molecule has 0 unspecified atom stereocenters. The average molecular weight is 348 g/mol. The van der Waals surface area contributed by atoms with Crippen molar-refractivity contribution in [1.82, 2.24) is 5.32 Å². The zero-order valence-corrected chi connectivity index (χ0v) is 14.2. The molecule has 1 aromatic rings. The summed E-state index contributed by atoms with van der Waals surface area (Å²) >= 11 is 1.33. The van der Waals surface area contributed by atoms with Gasteiger partial charge < -0.3 is 10.1 Å². The summed E-state index contributed by atoms with van der Waals surface area (Å²) in [4.78, 5) is 35.9. The van der Waals surface area contributed by atoms with Crippen LogP contribution in [-0.4, -0.2) is 29.8 Å². The molecule has 1 aromatic heterocycles. The Kier molecular flexibility index (Phi) is 6.50. The molecule has 1 saturated carbocycles. The third-order valence-electron chi connectivity index (χ3n) is 4.02. The number of Topliss-reactive ketones (excluding diaryl/α,β-unsaturated/α-hetero) is 1. The van der Waals surface area contributed by atoms with Crippen LogP contribution in [0.1, 0.15) is 54.6 Å². The van der Waals surface area contributed by atoms with Crippen molar-refractivity contribution in [3.63, 3.8) is 0 Å². The van der Waals surface area contributed by atoms with Crippen molar-refractivity contribution in [2.75, 3.05) is 6.61 Å². The predicted octanol–water partition coefficient (Wildman–Crippen LogP) is 2.60. The van der Waals surface area contributed by atoms with E-state index in [1.807, 2.05) is 0 Å². The van der Waals surface area contributed by atoms with Crippen molar-refractivity contribution < 1.29 is 19.1 Å². The Morgan fingerprint density at radius 1 is 1.25 bits per heavy atom. The second-order valence-electron chi connectivity index (χ2n) is 5.86. The smallest absolute Gasteiger partial charge is 0.306 e. The maximum absolute atomic E-state index is 11.9. The van der Waals surface area contributed by atoms with Crippen molar-refractivity contribution in [3.05, 3.63) is 22.4 Å². The summed E-state index contributed by atoms with van der Waals surface area (Å²) in [5, 5.41) is 13.8. The van der Waals surface area contributed by atoms with Crippen molar-refractivity contribution in [1.29, 1.82) is 5.26 Å². The molecular formula is C17H20N2O4S. The van der Waals surface area contributed by atoms with Gasteiger partial charge in [-0.1, -0.05) is 25.3 Å². The minimum Gasteiger partial charge on any atom is -0.456 e. The van der Waals surface area contributed by atoms with Crippen molar-refractivity contribution >= 4 is 29.0 Å². The minimum absolute atomic E-state index is 0.0586. The SMILES string of the molecule is N#CC1(NC(=O)COC(=O)CCC(=O)c2cccs2)CCCCC1. The number of hydrogen-bond donors (Lipinski definition) is 1. The van der Waals surface area contributed by atoms with Gasteiger partial charge in [-0.05, 0) is 24.3 Å². The van der Waals surface area contributed by atoms with Crippen LogP contribution >= 0.6 is 11.3 Å². The molecule has 1 aliphatic rings. The van der Waals surface area contributed by atoms with E-state index in [9.17, 15) is 19.6 Å². The highest BCUT2D eigenvalue weighted by Crippen LogP contribution is 2.27. The number of esters is 1. The van der Waals surface area contributed by atoms with E-state index >= 15 is 0 Å². The number of nitriles is 1. The molecule has 1 fully saturated rings. The molecule has 7 heteroatoms. The summed E-state index contributed by atoms with van der Waals surface area (Å²) in [6.07, 6.45) is 4.11. The van der Waals surface area contributed by atoms with E-state index in [4.69, 9.17) is 4.74 Å². The molecule has 0 atom stereocenters. The van der Waals surface area contributed by atoms with E-state index in [0.29, 0.717) is 17.7 Å². The molecule has 0 aromatic carbocycles. The fourth-order valence-corrected chi connectivity index (χ4v) is 3.41. The largest absolute Gasteiger partial charge is 0.456 e. The zero-order chi connectivity index (χ0) is 17.4. The summed E-state index contributed by atoms with van der Waals surface area (Å²) in [7, 11) is 0. The monoisotopic (exact) mass is 348 g/mol. The van der Waals surface area contributed by atoms with Gasteiger partial charge >= 0.3 is 5.97 Å². The van der Waals surface area contributed by atoms with Crippen LogP contribution in [0, 0.1) is 11.3 Å². The first-order chi connectivity index (χ1) is 11.5. The molecule has 1 N–H and O–H groups in total. The Bertz CT molecular complexity index is 628. The summed E-state index contributed by atoms with van der Waals surface area (Å²) in [5.74, 6) is -1.18. The predicted molar refractivity (Wildman–Crippen MR) is 88.4 cm³/mol. The second kappa shape index (κ2) is 8.60. The first kappa shape index (κ1) is 18.1. The number of ketones is 1. The third-order valence-corrected chi connectivity index (χ3v) is 4.93. The van der Waals surface area contributed by atoms with Gasteiger partial charge in [-0.25, -0.2) is 0 Å². The summed E-state index contributed by atoms with van der Waals surface area (Å²) in [6.45, 7) is -0.421. The quantitative estimate of drug-likeness (QED) is 0.603. The van der Waals surface area contributed by atoms with Gasteiger partial charge in [-0.2, -0.15) is 5.26 Å². The maximum Gasteiger partial charge on any atom is 0.306 e. The van der Waals surface area contributed by atoms with E-state index in [2.05, 4.69) is 11.4 Å². The maximum atomic E-state index is 11.9. The van der Waals surface area contributed by atoms with Crippen LogP contribution in [0.15, 0.2) is 17.5 Å². The van der Waals surface area contributed by atoms with Crippen LogP contribution in [0.3, 0.4) is 0 Å². The second-order valence-corrected chi connectivity index (χ2v) is 6.81. The average Bonchev–Trinajstić information content (AvgIpc) is 3.13. The lowest BCUT2D eigenvalue weighted by atomic mass is 9.83. The summed E-state index contributed by atoms with van der Waals surface area (Å²) in [6, 6.07) is 5.66. The van der Waals surface area contributed by atoms with Crippen LogP contribution in [0.4, 0.5) is 0 Å². The lowest BCUT2D eigenvalue weighted by Crippen LogP contribution is -2.50. The van der Waals surface area contributed by atoms with Crippen LogP contribution in [0.2, 0.25) is 0 Å². The number of nitrogens with zero attached hydrogens (tertiary/aromatic N) is 1. The van der Waals surface area contributed by atoms with Gasteiger partial charge in [0.25, 0.3) is 5.91 Å². The zero-order valence-electron chi connectivity index (χ0n) is 13.4. The number of rotatable bonds is 7. The lowest BCUT2D eigenvalue weighted by Gasteiger charge is -2.31. The molecule has 0 radical (unpaired) electrons. The molecule has 128 valence electrons. The minimum atomic E-state index is -0.836. The number of carbonyl (C=O) groups excluding carboxylic acids is 3. The molecular weight excluding hydrogens is 328 g/mol. The van der Waals surface area contributed by atoms with E-state index in [-0.39, 0.29) is 18.6 Å². The number of nitrogens with one attached hydrogen (secondary N) is 1. The lowest BCUT2D eigenvalue weighted by molar-refractivity contribution is -0.148. The molecule has 0 spiro atoms. The highest BCUT2D eigenvalue weighted by molar-refractivity contribution is 7.12. The van der Waals surface area contributed by atoms with E-state index < -0.39 is 24.0 Å². The van der Waals surface area contributed by atoms with Gasteiger partial charge in [-0.3, -0.25) is 14.4 Å². The summed E-state index contributed by atoms with van der Waals surface area (Å²) < 4.78 is 4.89.